The molecule has 0 fully saturated rings. The van der Waals surface area contributed by atoms with Crippen LogP contribution in [0.3, 0.4) is 0 Å². The summed E-state index contributed by atoms with van der Waals surface area (Å²) >= 11 is 4.69. The Bertz CT molecular complexity index is 1520. The lowest BCUT2D eigenvalue weighted by atomic mass is 9.97. The summed E-state index contributed by atoms with van der Waals surface area (Å²) in [5.74, 6) is 0.0579. The van der Waals surface area contributed by atoms with Crippen LogP contribution in [0.4, 0.5) is 4.39 Å². The fourth-order valence-electron chi connectivity index (χ4n) is 4.58. The van der Waals surface area contributed by atoms with Crippen LogP contribution in [0.5, 0.6) is 0 Å². The zero-order valence-corrected chi connectivity index (χ0v) is 22.3. The molecule has 2 aromatic carbocycles. The predicted octanol–water partition coefficient (Wildman–Crippen LogP) is 5.17. The molecule has 180 valence electrons. The minimum Gasteiger partial charge on any atom is -0.299 e. The predicted molar refractivity (Wildman–Crippen MR) is 145 cm³/mol. The lowest BCUT2D eigenvalue weighted by Crippen LogP contribution is -2.36. The van der Waals surface area contributed by atoms with E-state index in [1.165, 1.54) is 23.4 Å². The van der Waals surface area contributed by atoms with E-state index in [9.17, 15) is 9.18 Å². The van der Waals surface area contributed by atoms with Crippen molar-refractivity contribution in [2.75, 3.05) is 0 Å². The Morgan fingerprint density at radius 3 is 2.74 bits per heavy atom. The van der Waals surface area contributed by atoms with Crippen LogP contribution in [-0.2, 0) is 19.5 Å². The molecule has 2 aromatic heterocycles. The van der Waals surface area contributed by atoms with Gasteiger partial charge in [-0.25, -0.2) is 4.39 Å². The Hall–Kier alpha value is -2.48. The molecular formula is C28H28FN2OS3+. The van der Waals surface area contributed by atoms with E-state index in [-0.39, 0.29) is 17.3 Å². The fourth-order valence-corrected chi connectivity index (χ4v) is 8.17. The van der Waals surface area contributed by atoms with Gasteiger partial charge in [-0.05, 0) is 43.7 Å². The van der Waals surface area contributed by atoms with E-state index in [0.717, 1.165) is 50.5 Å². The maximum absolute atomic E-state index is 14.8. The van der Waals surface area contributed by atoms with Gasteiger partial charge in [0.1, 0.15) is 15.0 Å². The molecule has 0 N–H and O–H groups in total. The highest BCUT2D eigenvalue weighted by atomic mass is 32.2. The van der Waals surface area contributed by atoms with E-state index in [4.69, 9.17) is 0 Å². The van der Waals surface area contributed by atoms with Gasteiger partial charge in [-0.3, -0.25) is 9.36 Å². The average molecular weight is 524 g/mol. The Labute approximate surface area is 216 Å². The number of thiazole rings is 2. The third kappa shape index (κ3) is 4.95. The lowest BCUT2D eigenvalue weighted by Gasteiger charge is -2.13. The number of aromatic nitrogens is 2. The van der Waals surface area contributed by atoms with Crippen molar-refractivity contribution < 1.29 is 8.96 Å². The summed E-state index contributed by atoms with van der Waals surface area (Å²) in [6.07, 6.45) is 6.92. The van der Waals surface area contributed by atoms with Crippen molar-refractivity contribution in [2.24, 2.45) is 5.92 Å². The first-order valence-corrected chi connectivity index (χ1v) is 14.5. The molecule has 0 aliphatic carbocycles. The van der Waals surface area contributed by atoms with Crippen molar-refractivity contribution in [1.29, 1.82) is 0 Å². The third-order valence-corrected chi connectivity index (χ3v) is 10.0. The van der Waals surface area contributed by atoms with Crippen LogP contribution in [0.25, 0.3) is 11.0 Å². The number of nitrogens with zero attached hydrogens (tertiary/aromatic N) is 2. The van der Waals surface area contributed by atoms with Crippen molar-refractivity contribution in [1.82, 2.24) is 4.57 Å². The number of halogens is 1. The molecule has 3 nitrogen and oxygen atoms in total. The van der Waals surface area contributed by atoms with Crippen LogP contribution in [0.1, 0.15) is 42.8 Å². The molecule has 4 aromatic rings. The number of thioether (sulfide) groups is 1. The molecule has 0 radical (unpaired) electrons. The largest absolute Gasteiger partial charge is 0.299 e. The van der Waals surface area contributed by atoms with E-state index >= 15 is 0 Å². The quantitative estimate of drug-likeness (QED) is 0.338. The first-order chi connectivity index (χ1) is 17.1. The van der Waals surface area contributed by atoms with Crippen LogP contribution in [0, 0.1) is 11.7 Å². The number of aryl methyl sites for hydroxylation is 1. The summed E-state index contributed by atoms with van der Waals surface area (Å²) < 4.78 is 20.6. The number of hydrogen-bond acceptors (Lipinski definition) is 4. The zero-order chi connectivity index (χ0) is 24.4. The van der Waals surface area contributed by atoms with Crippen molar-refractivity contribution >= 4 is 45.4 Å². The molecule has 0 saturated carbocycles. The van der Waals surface area contributed by atoms with E-state index in [0.29, 0.717) is 11.4 Å². The van der Waals surface area contributed by atoms with Gasteiger partial charge in [-0.15, -0.1) is 11.3 Å². The van der Waals surface area contributed by atoms with Gasteiger partial charge in [0, 0.05) is 17.0 Å². The number of rotatable bonds is 5. The summed E-state index contributed by atoms with van der Waals surface area (Å²) in [5.41, 5.74) is 2.32. The Morgan fingerprint density at radius 1 is 1.14 bits per heavy atom. The van der Waals surface area contributed by atoms with Crippen molar-refractivity contribution in [2.45, 2.75) is 51.1 Å². The van der Waals surface area contributed by atoms with E-state index in [2.05, 4.69) is 53.4 Å². The molecule has 3 heterocycles. The standard InChI is InChI=1S/C28H28FN2OS3/c1-3-20-13-14-21-11-8-12-22(29)25(21)35-26(20)27-28(32)31(4-2)24(34-27)17-23-30(15-16-33-23)18-19-9-6-5-7-10-19/h5-12,15-17,20H,3-4,13-14,18H2,1-2H3/q+1. The summed E-state index contributed by atoms with van der Waals surface area (Å²) in [7, 11) is 0. The SMILES string of the molecule is CCC1CCc2cccc(F)c2SC1=c1sc(=Cc2scc[n+]2Cc2ccccc2)n(CC)c1=O. The monoisotopic (exact) mass is 523 g/mol. The van der Waals surface area contributed by atoms with Crippen LogP contribution in [-0.4, -0.2) is 4.57 Å². The molecule has 1 unspecified atom stereocenters. The Morgan fingerprint density at radius 2 is 1.97 bits per heavy atom. The molecule has 7 heteroatoms. The molecule has 5 rings (SSSR count). The van der Waals surface area contributed by atoms with Gasteiger partial charge >= 0.3 is 0 Å². The number of benzene rings is 2. The van der Waals surface area contributed by atoms with Gasteiger partial charge in [0.25, 0.3) is 10.6 Å². The van der Waals surface area contributed by atoms with Crippen molar-refractivity contribution in [3.8, 4) is 0 Å². The highest BCUT2D eigenvalue weighted by molar-refractivity contribution is 8.08. The second-order valence-electron chi connectivity index (χ2n) is 8.66. The third-order valence-electron chi connectivity index (χ3n) is 6.49. The van der Waals surface area contributed by atoms with Crippen LogP contribution in [0.15, 0.2) is 69.8 Å². The molecule has 1 atom stereocenters. The summed E-state index contributed by atoms with van der Waals surface area (Å²) in [4.78, 5) is 15.3. The normalized spacial score (nSPS) is 17.9. The van der Waals surface area contributed by atoms with Gasteiger partial charge < -0.3 is 0 Å². The van der Waals surface area contributed by atoms with Crippen LogP contribution in [0.2, 0.25) is 0 Å². The van der Waals surface area contributed by atoms with Gasteiger partial charge in [0.05, 0.1) is 16.4 Å². The maximum Gasteiger partial charge on any atom is 0.269 e. The molecular weight excluding hydrogens is 496 g/mol. The van der Waals surface area contributed by atoms with Crippen molar-refractivity contribution in [3.63, 3.8) is 0 Å². The lowest BCUT2D eigenvalue weighted by molar-refractivity contribution is -0.685. The minimum atomic E-state index is -0.193. The maximum atomic E-state index is 14.8. The van der Waals surface area contributed by atoms with Gasteiger partial charge in [0.15, 0.2) is 12.7 Å². The molecule has 1 aliphatic heterocycles. The smallest absolute Gasteiger partial charge is 0.269 e. The van der Waals surface area contributed by atoms with E-state index in [1.807, 2.05) is 23.6 Å². The molecule has 0 amide bonds. The second kappa shape index (κ2) is 10.6. The number of hydrogen-bond donors (Lipinski definition) is 0. The molecule has 0 saturated heterocycles. The zero-order valence-electron chi connectivity index (χ0n) is 19.9. The van der Waals surface area contributed by atoms with Gasteiger partial charge in [-0.1, -0.05) is 72.5 Å². The highest BCUT2D eigenvalue weighted by Crippen LogP contribution is 2.42. The van der Waals surface area contributed by atoms with Gasteiger partial charge in [-0.2, -0.15) is 4.57 Å². The molecule has 0 bridgehead atoms. The van der Waals surface area contributed by atoms with Crippen LogP contribution >= 0.6 is 34.4 Å². The first-order valence-electron chi connectivity index (χ1n) is 12.0. The molecule has 1 aliphatic rings. The Kier molecular flexibility index (Phi) is 7.37. The fraction of sp³-hybridized carbons (Fsp3) is 0.286. The van der Waals surface area contributed by atoms with Crippen molar-refractivity contribution in [3.05, 3.63) is 102 Å². The van der Waals surface area contributed by atoms with Gasteiger partial charge in [0.2, 0.25) is 0 Å². The highest BCUT2D eigenvalue weighted by Gasteiger charge is 2.25. The van der Waals surface area contributed by atoms with E-state index < -0.39 is 0 Å². The summed E-state index contributed by atoms with van der Waals surface area (Å²) in [6.45, 7) is 5.56. The molecule has 0 spiro atoms. The Balaban J connectivity index is 1.65. The topological polar surface area (TPSA) is 25.9 Å². The molecule has 35 heavy (non-hydrogen) atoms. The summed E-state index contributed by atoms with van der Waals surface area (Å²) in [6, 6.07) is 15.7. The van der Waals surface area contributed by atoms with E-state index in [1.54, 1.807) is 28.7 Å². The summed E-state index contributed by atoms with van der Waals surface area (Å²) in [5, 5.41) is 3.19. The number of fused-ring (bicyclic) bond motifs is 1. The minimum absolute atomic E-state index is 0.0376. The second-order valence-corrected chi connectivity index (χ2v) is 11.7. The van der Waals surface area contributed by atoms with Crippen LogP contribution < -0.4 is 19.3 Å². The average Bonchev–Trinajstić information content (AvgIpc) is 3.36. The first kappa shape index (κ1) is 24.2.